The lowest BCUT2D eigenvalue weighted by Gasteiger charge is -2.12. The normalized spacial score (nSPS) is 11.1. The predicted molar refractivity (Wildman–Crippen MR) is 111 cm³/mol. The minimum Gasteiger partial charge on any atom is -0.375 e. The molecule has 2 rings (SSSR count). The first-order chi connectivity index (χ1) is 11.7. The van der Waals surface area contributed by atoms with Crippen molar-refractivity contribution in [3.8, 4) is 0 Å². The molecule has 25 heavy (non-hydrogen) atoms. The van der Waals surface area contributed by atoms with Gasteiger partial charge in [0.2, 0.25) is 0 Å². The van der Waals surface area contributed by atoms with Gasteiger partial charge in [-0.3, -0.25) is 4.99 Å². The van der Waals surface area contributed by atoms with Gasteiger partial charge in [-0.2, -0.15) is 0 Å². The summed E-state index contributed by atoms with van der Waals surface area (Å²) in [6.45, 7) is 6.63. The van der Waals surface area contributed by atoms with Crippen molar-refractivity contribution in [2.75, 3.05) is 26.7 Å². The first-order valence-corrected chi connectivity index (χ1v) is 8.18. The number of aliphatic imine (C=N–C) groups is 1. The van der Waals surface area contributed by atoms with Gasteiger partial charge in [0.15, 0.2) is 5.96 Å². The van der Waals surface area contributed by atoms with Crippen LogP contribution in [0.4, 0.5) is 0 Å². The number of rotatable bonds is 8. The summed E-state index contributed by atoms with van der Waals surface area (Å²) in [5.41, 5.74) is 3.29. The zero-order valence-corrected chi connectivity index (χ0v) is 17.4. The van der Waals surface area contributed by atoms with E-state index in [-0.39, 0.29) is 24.0 Å². The lowest BCUT2D eigenvalue weighted by atomic mass is 10.1. The molecule has 0 radical (unpaired) electrons. The van der Waals surface area contributed by atoms with Gasteiger partial charge in [0, 0.05) is 25.7 Å². The second-order valence-corrected chi connectivity index (χ2v) is 5.52. The van der Waals surface area contributed by atoms with Gasteiger partial charge in [-0.1, -0.05) is 35.5 Å². The molecule has 0 aliphatic heterocycles. The van der Waals surface area contributed by atoms with Crippen LogP contribution in [0.2, 0.25) is 0 Å². The number of hydrogen-bond donors (Lipinski definition) is 2. The number of ether oxygens (including phenoxy) is 1. The molecular weight excluding hydrogens is 431 g/mol. The van der Waals surface area contributed by atoms with Gasteiger partial charge in [-0.15, -0.1) is 24.0 Å². The largest absolute Gasteiger partial charge is 0.375 e. The van der Waals surface area contributed by atoms with Gasteiger partial charge >= 0.3 is 0 Å². The highest BCUT2D eigenvalue weighted by atomic mass is 127. The molecule has 0 aliphatic rings. The quantitative estimate of drug-likeness (QED) is 0.276. The highest BCUT2D eigenvalue weighted by Crippen LogP contribution is 2.11. The van der Waals surface area contributed by atoms with Crippen LogP contribution in [-0.4, -0.2) is 37.9 Å². The third-order valence-corrected chi connectivity index (χ3v) is 3.72. The van der Waals surface area contributed by atoms with Crippen LogP contribution in [-0.2, 0) is 17.8 Å². The third-order valence-electron chi connectivity index (χ3n) is 3.72. The molecule has 1 heterocycles. The Kier molecular flexibility index (Phi) is 10.2. The zero-order chi connectivity index (χ0) is 17.2. The summed E-state index contributed by atoms with van der Waals surface area (Å²) in [5, 5.41) is 10.5. The van der Waals surface area contributed by atoms with Crippen molar-refractivity contribution in [1.82, 2.24) is 15.8 Å². The molecule has 0 unspecified atom stereocenters. The summed E-state index contributed by atoms with van der Waals surface area (Å²) in [5.74, 6) is 1.65. The van der Waals surface area contributed by atoms with Crippen molar-refractivity contribution < 1.29 is 9.26 Å². The molecule has 0 bridgehead atoms. The van der Waals surface area contributed by atoms with Gasteiger partial charge in [-0.05, 0) is 25.8 Å². The molecule has 1 aromatic carbocycles. The summed E-state index contributed by atoms with van der Waals surface area (Å²) in [7, 11) is 1.76. The number of halogens is 1. The number of hydrogen-bond acceptors (Lipinski definition) is 4. The zero-order valence-electron chi connectivity index (χ0n) is 15.0. The Labute approximate surface area is 166 Å². The molecule has 2 aromatic rings. The Morgan fingerprint density at radius 2 is 1.88 bits per heavy atom. The van der Waals surface area contributed by atoms with Crippen LogP contribution in [0.5, 0.6) is 0 Å². The van der Waals surface area contributed by atoms with Crippen molar-refractivity contribution in [2.24, 2.45) is 4.99 Å². The molecule has 0 amide bonds. The molecule has 7 heteroatoms. The summed E-state index contributed by atoms with van der Waals surface area (Å²) in [6.07, 6.45) is 0.854. The Bertz CT molecular complexity index is 624. The first kappa shape index (κ1) is 21.4. The summed E-state index contributed by atoms with van der Waals surface area (Å²) < 4.78 is 10.8. The number of aryl methyl sites for hydroxylation is 2. The van der Waals surface area contributed by atoms with Crippen molar-refractivity contribution in [3.63, 3.8) is 0 Å². The third kappa shape index (κ3) is 7.43. The first-order valence-electron chi connectivity index (χ1n) is 8.18. The van der Waals surface area contributed by atoms with Gasteiger partial charge in [-0.25, -0.2) is 0 Å². The molecule has 0 saturated carbocycles. The van der Waals surface area contributed by atoms with E-state index in [0.29, 0.717) is 19.8 Å². The molecule has 0 fully saturated rings. The summed E-state index contributed by atoms with van der Waals surface area (Å²) in [4.78, 5) is 4.21. The minimum absolute atomic E-state index is 0. The lowest BCUT2D eigenvalue weighted by molar-refractivity contribution is 0.125. The van der Waals surface area contributed by atoms with E-state index in [1.54, 1.807) is 7.05 Å². The Hall–Kier alpha value is -1.61. The molecule has 138 valence electrons. The van der Waals surface area contributed by atoms with Crippen molar-refractivity contribution in [2.45, 2.75) is 26.9 Å². The van der Waals surface area contributed by atoms with Gasteiger partial charge in [0.05, 0.1) is 18.9 Å². The number of nitrogens with one attached hydrogen (secondary N) is 2. The van der Waals surface area contributed by atoms with Crippen LogP contribution in [0.3, 0.4) is 0 Å². The number of aromatic nitrogens is 1. The van der Waals surface area contributed by atoms with Gasteiger partial charge in [0.25, 0.3) is 0 Å². The summed E-state index contributed by atoms with van der Waals surface area (Å²) in [6, 6.07) is 10.2. The Balaban J connectivity index is 0.00000312. The molecule has 0 aliphatic carbocycles. The molecule has 1 aromatic heterocycles. The fourth-order valence-corrected chi connectivity index (χ4v) is 2.39. The molecule has 0 atom stereocenters. The van der Waals surface area contributed by atoms with Crippen molar-refractivity contribution in [3.05, 3.63) is 52.9 Å². The second kappa shape index (κ2) is 11.9. The van der Waals surface area contributed by atoms with Crippen LogP contribution in [0.15, 0.2) is 39.8 Å². The molecule has 6 nitrogen and oxygen atoms in total. The fraction of sp³-hybridized carbons (Fsp3) is 0.444. The van der Waals surface area contributed by atoms with Crippen LogP contribution >= 0.6 is 24.0 Å². The van der Waals surface area contributed by atoms with Crippen LogP contribution in [0, 0.1) is 13.8 Å². The maximum absolute atomic E-state index is 5.64. The topological polar surface area (TPSA) is 71.7 Å². The van der Waals surface area contributed by atoms with E-state index in [1.165, 1.54) is 5.56 Å². The Morgan fingerprint density at radius 3 is 2.52 bits per heavy atom. The average molecular weight is 458 g/mol. The molecular formula is C18H27IN4O2. The van der Waals surface area contributed by atoms with Gasteiger partial charge < -0.3 is 19.9 Å². The van der Waals surface area contributed by atoms with Crippen molar-refractivity contribution >= 4 is 29.9 Å². The average Bonchev–Trinajstić information content (AvgIpc) is 2.92. The monoisotopic (exact) mass is 458 g/mol. The van der Waals surface area contributed by atoms with Crippen LogP contribution < -0.4 is 10.6 Å². The molecule has 0 saturated heterocycles. The second-order valence-electron chi connectivity index (χ2n) is 5.52. The standard InChI is InChI=1S/C18H26N4O2.HI/c1-14-17(15(2)24-22-14)9-10-20-18(19-3)21-11-12-23-13-16-7-5-4-6-8-16;/h4-8H,9-13H2,1-3H3,(H2,19,20,21);1H. The maximum Gasteiger partial charge on any atom is 0.191 e. The van der Waals surface area contributed by atoms with Crippen molar-refractivity contribution in [1.29, 1.82) is 0 Å². The van der Waals surface area contributed by atoms with Gasteiger partial charge in [0.1, 0.15) is 5.76 Å². The fourth-order valence-electron chi connectivity index (χ4n) is 2.39. The highest BCUT2D eigenvalue weighted by Gasteiger charge is 2.08. The van der Waals surface area contributed by atoms with E-state index in [9.17, 15) is 0 Å². The van der Waals surface area contributed by atoms with Crippen LogP contribution in [0.25, 0.3) is 0 Å². The number of guanidine groups is 1. The predicted octanol–water partition coefficient (Wildman–Crippen LogP) is 2.83. The number of benzene rings is 1. The lowest BCUT2D eigenvalue weighted by Crippen LogP contribution is -2.39. The highest BCUT2D eigenvalue weighted by molar-refractivity contribution is 14.0. The smallest absolute Gasteiger partial charge is 0.191 e. The van der Waals surface area contributed by atoms with E-state index < -0.39 is 0 Å². The summed E-state index contributed by atoms with van der Waals surface area (Å²) >= 11 is 0. The van der Waals surface area contributed by atoms with E-state index in [0.717, 1.165) is 35.9 Å². The SMILES string of the molecule is CN=C(NCCOCc1ccccc1)NCCc1c(C)noc1C.I. The number of nitrogens with zero attached hydrogens (tertiary/aromatic N) is 2. The maximum atomic E-state index is 5.64. The molecule has 0 spiro atoms. The van der Waals surface area contributed by atoms with E-state index in [1.807, 2.05) is 32.0 Å². The molecule has 2 N–H and O–H groups in total. The Morgan fingerprint density at radius 1 is 1.16 bits per heavy atom. The van der Waals surface area contributed by atoms with E-state index >= 15 is 0 Å². The minimum atomic E-state index is 0. The van der Waals surface area contributed by atoms with Crippen LogP contribution in [0.1, 0.15) is 22.6 Å². The van der Waals surface area contributed by atoms with E-state index in [2.05, 4.69) is 32.9 Å². The van der Waals surface area contributed by atoms with E-state index in [4.69, 9.17) is 9.26 Å².